The number of nitrogens with zero attached hydrogens (tertiary/aromatic N) is 1. The molecule has 30 heavy (non-hydrogen) atoms. The third kappa shape index (κ3) is 4.73. The molecular formula is C23H22BrFN2O2S. The lowest BCUT2D eigenvalue weighted by Gasteiger charge is -2.29. The zero-order valence-corrected chi connectivity index (χ0v) is 18.8. The topological polar surface area (TPSA) is 41.6 Å². The van der Waals surface area contributed by atoms with E-state index in [1.165, 1.54) is 18.6 Å². The van der Waals surface area contributed by atoms with Crippen molar-refractivity contribution in [1.82, 2.24) is 10.2 Å². The van der Waals surface area contributed by atoms with Crippen LogP contribution in [0.1, 0.15) is 43.2 Å². The summed E-state index contributed by atoms with van der Waals surface area (Å²) in [6.45, 7) is 0.337. The Labute approximate surface area is 189 Å². The Morgan fingerprint density at radius 2 is 1.90 bits per heavy atom. The van der Waals surface area contributed by atoms with Crippen molar-refractivity contribution in [3.63, 3.8) is 0 Å². The van der Waals surface area contributed by atoms with Crippen molar-refractivity contribution in [2.75, 3.05) is 0 Å². The predicted molar refractivity (Wildman–Crippen MR) is 122 cm³/mol. The minimum absolute atomic E-state index is 0.0559. The number of carbonyl (C=O) groups is 1. The molecule has 1 amide bonds. The quantitative estimate of drug-likeness (QED) is 0.441. The lowest BCUT2D eigenvalue weighted by atomic mass is 9.94. The predicted octanol–water partition coefficient (Wildman–Crippen LogP) is 5.56. The maximum absolute atomic E-state index is 13.0. The number of nitrogens with one attached hydrogen (secondary N) is 1. The third-order valence-corrected chi connectivity index (χ3v) is 6.34. The van der Waals surface area contributed by atoms with Gasteiger partial charge in [-0.15, -0.1) is 0 Å². The molecule has 0 spiro atoms. The summed E-state index contributed by atoms with van der Waals surface area (Å²) >= 11 is 8.95. The molecule has 2 aliphatic rings. The van der Waals surface area contributed by atoms with E-state index in [0.29, 0.717) is 23.2 Å². The van der Waals surface area contributed by atoms with Gasteiger partial charge in [0.2, 0.25) is 0 Å². The fourth-order valence-corrected chi connectivity index (χ4v) is 4.70. The first-order valence-corrected chi connectivity index (χ1v) is 11.2. The fraction of sp³-hybridized carbons (Fsp3) is 0.304. The van der Waals surface area contributed by atoms with Gasteiger partial charge in [-0.2, -0.15) is 0 Å². The van der Waals surface area contributed by atoms with Gasteiger partial charge in [0.25, 0.3) is 5.91 Å². The maximum atomic E-state index is 13.0. The Morgan fingerprint density at radius 1 is 1.17 bits per heavy atom. The van der Waals surface area contributed by atoms with E-state index in [1.807, 2.05) is 24.3 Å². The maximum Gasteiger partial charge on any atom is 0.276 e. The second-order valence-electron chi connectivity index (χ2n) is 7.56. The molecule has 4 rings (SSSR count). The number of rotatable bonds is 5. The highest BCUT2D eigenvalue weighted by Gasteiger charge is 2.36. The first kappa shape index (κ1) is 21.0. The van der Waals surface area contributed by atoms with Crippen molar-refractivity contribution >= 4 is 45.2 Å². The molecule has 1 N–H and O–H groups in total. The summed E-state index contributed by atoms with van der Waals surface area (Å²) in [6.07, 6.45) is 7.33. The lowest BCUT2D eigenvalue weighted by Crippen LogP contribution is -2.41. The van der Waals surface area contributed by atoms with Crippen LogP contribution >= 0.6 is 28.1 Å². The number of amides is 1. The van der Waals surface area contributed by atoms with Gasteiger partial charge in [-0.3, -0.25) is 9.69 Å². The number of hydrogen-bond acceptors (Lipinski definition) is 3. The Bertz CT molecular complexity index is 987. The SMILES string of the molecule is O=C1/C(=C/c2ccc(OCc3ccc(F)cc3)c(Br)c2)NC(=S)N1C1CCCCC1. The van der Waals surface area contributed by atoms with Crippen LogP contribution in [0.3, 0.4) is 0 Å². The smallest absolute Gasteiger partial charge is 0.276 e. The van der Waals surface area contributed by atoms with Crippen LogP contribution in [0.2, 0.25) is 0 Å². The third-order valence-electron chi connectivity index (χ3n) is 5.42. The van der Waals surface area contributed by atoms with Crippen LogP contribution in [0.4, 0.5) is 4.39 Å². The van der Waals surface area contributed by atoms with Gasteiger partial charge >= 0.3 is 0 Å². The molecule has 2 aromatic rings. The van der Waals surface area contributed by atoms with Gasteiger partial charge in [-0.25, -0.2) is 4.39 Å². The standard InChI is InChI=1S/C23H22BrFN2O2S/c24-19-12-16(8-11-21(19)29-14-15-6-9-17(25)10-7-15)13-20-22(28)27(23(30)26-20)18-4-2-1-3-5-18/h6-13,18H,1-5,14H2,(H,26,30)/b20-13-. The average molecular weight is 489 g/mol. The summed E-state index contributed by atoms with van der Waals surface area (Å²) in [5, 5.41) is 3.57. The first-order chi connectivity index (χ1) is 14.5. The average Bonchev–Trinajstić information content (AvgIpc) is 3.02. The number of thiocarbonyl (C=S) groups is 1. The summed E-state index contributed by atoms with van der Waals surface area (Å²) in [4.78, 5) is 14.6. The van der Waals surface area contributed by atoms with Gasteiger partial charge in [-0.1, -0.05) is 37.5 Å². The molecule has 1 aliphatic carbocycles. The van der Waals surface area contributed by atoms with Gasteiger partial charge in [0, 0.05) is 6.04 Å². The molecule has 0 unspecified atom stereocenters. The molecule has 1 saturated heterocycles. The van der Waals surface area contributed by atoms with Crippen LogP contribution in [0.25, 0.3) is 6.08 Å². The van der Waals surface area contributed by atoms with Crippen molar-refractivity contribution in [2.45, 2.75) is 44.8 Å². The van der Waals surface area contributed by atoms with Gasteiger partial charge < -0.3 is 10.1 Å². The summed E-state index contributed by atoms with van der Waals surface area (Å²) in [5.41, 5.74) is 2.24. The van der Waals surface area contributed by atoms with E-state index in [4.69, 9.17) is 17.0 Å². The minimum atomic E-state index is -0.270. The Kier molecular flexibility index (Phi) is 6.49. The van der Waals surface area contributed by atoms with Gasteiger partial charge in [0.1, 0.15) is 23.9 Å². The monoisotopic (exact) mass is 488 g/mol. The van der Waals surface area contributed by atoms with Gasteiger partial charge in [0.15, 0.2) is 5.11 Å². The highest BCUT2D eigenvalue weighted by atomic mass is 79.9. The van der Waals surface area contributed by atoms with E-state index in [-0.39, 0.29) is 17.8 Å². The molecule has 2 aromatic carbocycles. The highest BCUT2D eigenvalue weighted by molar-refractivity contribution is 9.10. The van der Waals surface area contributed by atoms with Gasteiger partial charge in [-0.05, 0) is 82.5 Å². The minimum Gasteiger partial charge on any atom is -0.488 e. The Balaban J connectivity index is 1.44. The van der Waals surface area contributed by atoms with Crippen molar-refractivity contribution in [3.8, 4) is 5.75 Å². The number of benzene rings is 2. The van der Waals surface area contributed by atoms with Crippen LogP contribution in [-0.4, -0.2) is 22.0 Å². The van der Waals surface area contributed by atoms with Crippen molar-refractivity contribution in [1.29, 1.82) is 0 Å². The molecule has 0 aromatic heterocycles. The van der Waals surface area contributed by atoms with Gasteiger partial charge in [0.05, 0.1) is 4.47 Å². The zero-order chi connectivity index (χ0) is 21.1. The van der Waals surface area contributed by atoms with E-state index in [2.05, 4.69) is 21.2 Å². The fourth-order valence-electron chi connectivity index (χ4n) is 3.85. The summed E-state index contributed by atoms with van der Waals surface area (Å²) in [5.74, 6) is 0.347. The molecule has 0 atom stereocenters. The van der Waals surface area contributed by atoms with Crippen molar-refractivity contribution in [2.24, 2.45) is 0 Å². The Morgan fingerprint density at radius 3 is 2.60 bits per heavy atom. The van der Waals surface area contributed by atoms with E-state index in [1.54, 1.807) is 17.0 Å². The second-order valence-corrected chi connectivity index (χ2v) is 8.80. The lowest BCUT2D eigenvalue weighted by molar-refractivity contribution is -0.124. The van der Waals surface area contributed by atoms with E-state index >= 15 is 0 Å². The van der Waals surface area contributed by atoms with Crippen molar-refractivity contribution < 1.29 is 13.9 Å². The Hall–Kier alpha value is -2.25. The van der Waals surface area contributed by atoms with Crippen LogP contribution in [-0.2, 0) is 11.4 Å². The summed E-state index contributed by atoms with van der Waals surface area (Å²) in [6, 6.07) is 12.0. The molecule has 4 nitrogen and oxygen atoms in total. The molecule has 2 fully saturated rings. The zero-order valence-electron chi connectivity index (χ0n) is 16.4. The van der Waals surface area contributed by atoms with Crippen LogP contribution in [0.5, 0.6) is 5.75 Å². The molecular weight excluding hydrogens is 467 g/mol. The van der Waals surface area contributed by atoms with E-state index < -0.39 is 0 Å². The van der Waals surface area contributed by atoms with Crippen molar-refractivity contribution in [3.05, 3.63) is 69.6 Å². The first-order valence-electron chi connectivity index (χ1n) is 10.0. The van der Waals surface area contributed by atoms with E-state index in [0.717, 1.165) is 41.3 Å². The number of carbonyl (C=O) groups excluding carboxylic acids is 1. The summed E-state index contributed by atoms with van der Waals surface area (Å²) < 4.78 is 19.6. The molecule has 7 heteroatoms. The van der Waals surface area contributed by atoms with Crippen LogP contribution in [0, 0.1) is 5.82 Å². The normalized spacial score (nSPS) is 18.7. The molecule has 156 valence electrons. The van der Waals surface area contributed by atoms with Crippen LogP contribution in [0.15, 0.2) is 52.6 Å². The molecule has 1 saturated carbocycles. The van der Waals surface area contributed by atoms with E-state index in [9.17, 15) is 9.18 Å². The van der Waals surface area contributed by atoms with Crippen LogP contribution < -0.4 is 10.1 Å². The number of ether oxygens (including phenoxy) is 1. The number of hydrogen-bond donors (Lipinski definition) is 1. The molecule has 1 heterocycles. The molecule has 0 bridgehead atoms. The second kappa shape index (κ2) is 9.27. The summed E-state index contributed by atoms with van der Waals surface area (Å²) in [7, 11) is 0. The largest absolute Gasteiger partial charge is 0.488 e. The molecule has 1 aliphatic heterocycles. The number of halogens is 2. The molecule has 0 radical (unpaired) electrons. The highest BCUT2D eigenvalue weighted by Crippen LogP contribution is 2.30.